The maximum Gasteiger partial charge on any atom is 0.259 e. The Morgan fingerprint density at radius 2 is 2.08 bits per heavy atom. The van der Waals surface area contributed by atoms with E-state index in [4.69, 9.17) is 16.3 Å². The number of benzene rings is 2. The van der Waals surface area contributed by atoms with Crippen LogP contribution in [0.3, 0.4) is 0 Å². The van der Waals surface area contributed by atoms with Crippen molar-refractivity contribution in [1.82, 2.24) is 0 Å². The van der Waals surface area contributed by atoms with Gasteiger partial charge in [-0.3, -0.25) is 9.59 Å². The molecule has 0 unspecified atom stereocenters. The summed E-state index contributed by atoms with van der Waals surface area (Å²) in [5.41, 5.74) is 1.75. The van der Waals surface area contributed by atoms with Crippen molar-refractivity contribution in [3.05, 3.63) is 53.1 Å². The van der Waals surface area contributed by atoms with Crippen molar-refractivity contribution < 1.29 is 14.3 Å². The van der Waals surface area contributed by atoms with Gasteiger partial charge in [-0.2, -0.15) is 0 Å². The second-order valence-corrected chi connectivity index (χ2v) is 5.93. The van der Waals surface area contributed by atoms with Crippen molar-refractivity contribution in [3.63, 3.8) is 0 Å². The highest BCUT2D eigenvalue weighted by atomic mass is 35.5. The second-order valence-electron chi connectivity index (χ2n) is 5.50. The number of amides is 2. The summed E-state index contributed by atoms with van der Waals surface area (Å²) in [7, 11) is 1.50. The van der Waals surface area contributed by atoms with Crippen LogP contribution in [-0.4, -0.2) is 25.5 Å². The number of halogens is 1. The number of carbonyl (C=O) groups is 2. The van der Waals surface area contributed by atoms with Crippen LogP contribution < -0.4 is 15.0 Å². The SMILES string of the molecule is COc1ccc(Cl)cc1C(=O)Nc1cccc(N2CCCC2=O)c1. The van der Waals surface area contributed by atoms with Gasteiger partial charge in [0.2, 0.25) is 5.91 Å². The smallest absolute Gasteiger partial charge is 0.259 e. The first kappa shape index (κ1) is 16.3. The molecule has 1 saturated heterocycles. The van der Waals surface area contributed by atoms with Crippen LogP contribution in [-0.2, 0) is 4.79 Å². The lowest BCUT2D eigenvalue weighted by atomic mass is 10.1. The number of nitrogens with one attached hydrogen (secondary N) is 1. The Bertz CT molecular complexity index is 792. The normalized spacial score (nSPS) is 13.9. The van der Waals surface area contributed by atoms with E-state index in [-0.39, 0.29) is 11.8 Å². The predicted molar refractivity (Wildman–Crippen MR) is 94.0 cm³/mol. The predicted octanol–water partition coefficient (Wildman–Crippen LogP) is 3.73. The van der Waals surface area contributed by atoms with E-state index in [0.29, 0.717) is 35.0 Å². The molecule has 1 aliphatic heterocycles. The lowest BCUT2D eigenvalue weighted by Gasteiger charge is -2.17. The standard InChI is InChI=1S/C18H17ClN2O3/c1-24-16-8-7-12(19)10-15(16)18(23)20-13-4-2-5-14(11-13)21-9-3-6-17(21)22/h2,4-5,7-8,10-11H,3,6,9H2,1H3,(H,20,23). The first-order valence-corrected chi connectivity index (χ1v) is 8.01. The minimum Gasteiger partial charge on any atom is -0.496 e. The molecule has 2 aromatic rings. The second kappa shape index (κ2) is 6.93. The zero-order valence-corrected chi connectivity index (χ0v) is 14.0. The quantitative estimate of drug-likeness (QED) is 0.919. The molecule has 0 aliphatic carbocycles. The van der Waals surface area contributed by atoms with Crippen LogP contribution in [0.15, 0.2) is 42.5 Å². The van der Waals surface area contributed by atoms with Gasteiger partial charge in [0, 0.05) is 29.4 Å². The van der Waals surface area contributed by atoms with E-state index < -0.39 is 0 Å². The highest BCUT2D eigenvalue weighted by Gasteiger charge is 2.22. The minimum atomic E-state index is -0.320. The molecule has 1 aliphatic rings. The maximum absolute atomic E-state index is 12.5. The van der Waals surface area contributed by atoms with Gasteiger partial charge in [0.05, 0.1) is 12.7 Å². The third-order valence-corrected chi connectivity index (χ3v) is 4.13. The number of anilines is 2. The Hall–Kier alpha value is -2.53. The Morgan fingerprint density at radius 3 is 2.79 bits per heavy atom. The van der Waals surface area contributed by atoms with Crippen molar-refractivity contribution in [2.75, 3.05) is 23.9 Å². The van der Waals surface area contributed by atoms with Crippen molar-refractivity contribution in [1.29, 1.82) is 0 Å². The third kappa shape index (κ3) is 3.36. The molecule has 0 bridgehead atoms. The van der Waals surface area contributed by atoms with Crippen molar-refractivity contribution in [2.45, 2.75) is 12.8 Å². The molecule has 3 rings (SSSR count). The summed E-state index contributed by atoms with van der Waals surface area (Å²) in [5, 5.41) is 3.28. The van der Waals surface area contributed by atoms with Crippen LogP contribution >= 0.6 is 11.6 Å². The van der Waals surface area contributed by atoms with Gasteiger partial charge in [0.1, 0.15) is 5.75 Å². The average molecular weight is 345 g/mol. The third-order valence-electron chi connectivity index (χ3n) is 3.90. The molecule has 0 atom stereocenters. The highest BCUT2D eigenvalue weighted by Crippen LogP contribution is 2.26. The molecule has 1 heterocycles. The van der Waals surface area contributed by atoms with Gasteiger partial charge >= 0.3 is 0 Å². The van der Waals surface area contributed by atoms with Crippen LogP contribution in [0.1, 0.15) is 23.2 Å². The van der Waals surface area contributed by atoms with Gasteiger partial charge in [-0.15, -0.1) is 0 Å². The number of methoxy groups -OCH3 is 1. The molecule has 1 N–H and O–H groups in total. The van der Waals surface area contributed by atoms with E-state index in [2.05, 4.69) is 5.32 Å². The van der Waals surface area contributed by atoms with Crippen LogP contribution in [0.5, 0.6) is 5.75 Å². The van der Waals surface area contributed by atoms with Crippen molar-refractivity contribution in [2.24, 2.45) is 0 Å². The maximum atomic E-state index is 12.5. The molecule has 0 saturated carbocycles. The largest absolute Gasteiger partial charge is 0.496 e. The molecule has 0 spiro atoms. The van der Waals surface area contributed by atoms with E-state index >= 15 is 0 Å². The molecule has 2 amide bonds. The summed E-state index contributed by atoms with van der Waals surface area (Å²) < 4.78 is 5.21. The first-order chi connectivity index (χ1) is 11.6. The van der Waals surface area contributed by atoms with Crippen molar-refractivity contribution >= 4 is 34.8 Å². The molecule has 0 radical (unpaired) electrons. The number of hydrogen-bond donors (Lipinski definition) is 1. The molecule has 6 heteroatoms. The molecule has 2 aromatic carbocycles. The fourth-order valence-electron chi connectivity index (χ4n) is 2.73. The van der Waals surface area contributed by atoms with Gasteiger partial charge in [0.15, 0.2) is 0 Å². The zero-order valence-electron chi connectivity index (χ0n) is 13.2. The van der Waals surface area contributed by atoms with E-state index in [1.165, 1.54) is 7.11 Å². The summed E-state index contributed by atoms with van der Waals surface area (Å²) in [6, 6.07) is 12.1. The number of rotatable bonds is 4. The fourth-order valence-corrected chi connectivity index (χ4v) is 2.90. The Kier molecular flexibility index (Phi) is 4.71. The molecular weight excluding hydrogens is 328 g/mol. The van der Waals surface area contributed by atoms with Gasteiger partial charge in [-0.25, -0.2) is 0 Å². The monoisotopic (exact) mass is 344 g/mol. The molecule has 5 nitrogen and oxygen atoms in total. The Morgan fingerprint density at radius 1 is 1.25 bits per heavy atom. The van der Waals surface area contributed by atoms with E-state index in [1.807, 2.05) is 12.1 Å². The summed E-state index contributed by atoms with van der Waals surface area (Å²) in [5.74, 6) is 0.233. The molecule has 124 valence electrons. The fraction of sp³-hybridized carbons (Fsp3) is 0.222. The molecule has 1 fully saturated rings. The summed E-state index contributed by atoms with van der Waals surface area (Å²) in [6.45, 7) is 0.707. The average Bonchev–Trinajstić information content (AvgIpc) is 3.01. The lowest BCUT2D eigenvalue weighted by molar-refractivity contribution is -0.117. The van der Waals surface area contributed by atoms with Crippen molar-refractivity contribution in [3.8, 4) is 5.75 Å². The van der Waals surface area contributed by atoms with Crippen LogP contribution in [0, 0.1) is 0 Å². The lowest BCUT2D eigenvalue weighted by Crippen LogP contribution is -2.23. The summed E-state index contributed by atoms with van der Waals surface area (Å²) >= 11 is 5.97. The molecule has 24 heavy (non-hydrogen) atoms. The minimum absolute atomic E-state index is 0.106. The van der Waals surface area contributed by atoms with Crippen LogP contribution in [0.4, 0.5) is 11.4 Å². The number of carbonyl (C=O) groups excluding carboxylic acids is 2. The number of ether oxygens (including phenoxy) is 1. The van der Waals surface area contributed by atoms with E-state index in [9.17, 15) is 9.59 Å². The molecule has 0 aromatic heterocycles. The van der Waals surface area contributed by atoms with E-state index in [0.717, 1.165) is 12.1 Å². The zero-order chi connectivity index (χ0) is 17.1. The topological polar surface area (TPSA) is 58.6 Å². The Balaban J connectivity index is 1.82. The van der Waals surface area contributed by atoms with Crippen LogP contribution in [0.25, 0.3) is 0 Å². The number of hydrogen-bond acceptors (Lipinski definition) is 3. The van der Waals surface area contributed by atoms with Crippen LogP contribution in [0.2, 0.25) is 5.02 Å². The number of nitrogens with zero attached hydrogens (tertiary/aromatic N) is 1. The highest BCUT2D eigenvalue weighted by molar-refractivity contribution is 6.31. The summed E-state index contributed by atoms with van der Waals surface area (Å²) in [6.07, 6.45) is 1.42. The summed E-state index contributed by atoms with van der Waals surface area (Å²) in [4.78, 5) is 26.1. The Labute approximate surface area is 145 Å². The van der Waals surface area contributed by atoms with Gasteiger partial charge in [0.25, 0.3) is 5.91 Å². The van der Waals surface area contributed by atoms with E-state index in [1.54, 1.807) is 35.2 Å². The van der Waals surface area contributed by atoms with Gasteiger partial charge in [-0.05, 0) is 42.8 Å². The van der Waals surface area contributed by atoms with Gasteiger partial charge in [-0.1, -0.05) is 17.7 Å². The van der Waals surface area contributed by atoms with Gasteiger partial charge < -0.3 is 15.0 Å². The first-order valence-electron chi connectivity index (χ1n) is 7.64. The molecular formula is C18H17ClN2O3.